The summed E-state index contributed by atoms with van der Waals surface area (Å²) in [6, 6.07) is 17.4. The molecular weight excluding hydrogens is 276 g/mol. The van der Waals surface area contributed by atoms with Crippen molar-refractivity contribution >= 4 is 31.3 Å². The number of anilines is 2. The monoisotopic (exact) mass is 300 g/mol. The molecule has 0 bridgehead atoms. The van der Waals surface area contributed by atoms with Crippen molar-refractivity contribution < 1.29 is 0 Å². The molecule has 6 N–H and O–H groups in total. The van der Waals surface area contributed by atoms with Crippen LogP contribution in [0.5, 0.6) is 0 Å². The fourth-order valence-corrected chi connectivity index (χ4v) is 3.56. The summed E-state index contributed by atoms with van der Waals surface area (Å²) in [7, 11) is -0.409. The molecule has 0 spiro atoms. The van der Waals surface area contributed by atoms with E-state index < -0.39 is 9.52 Å². The Morgan fingerprint density at radius 3 is 1.38 bits per heavy atom. The van der Waals surface area contributed by atoms with Gasteiger partial charge in [0.15, 0.2) is 0 Å². The summed E-state index contributed by atoms with van der Waals surface area (Å²) in [6.45, 7) is 2.93. The van der Waals surface area contributed by atoms with Gasteiger partial charge in [-0.3, -0.25) is 0 Å². The first kappa shape index (κ1) is 15.6. The molecule has 2 aromatic carbocycles. The van der Waals surface area contributed by atoms with Crippen LogP contribution in [0.25, 0.3) is 0 Å². The van der Waals surface area contributed by atoms with Crippen molar-refractivity contribution in [3.05, 3.63) is 48.5 Å². The van der Waals surface area contributed by atoms with E-state index in [0.29, 0.717) is 13.1 Å². The molecule has 0 heterocycles. The topological polar surface area (TPSA) is 76.1 Å². The van der Waals surface area contributed by atoms with E-state index in [-0.39, 0.29) is 0 Å². The summed E-state index contributed by atoms with van der Waals surface area (Å²) in [4.78, 5) is 0. The molecule has 0 aliphatic rings. The largest absolute Gasteiger partial charge is 0.384 e. The van der Waals surface area contributed by atoms with Crippen molar-refractivity contribution in [2.24, 2.45) is 11.5 Å². The lowest BCUT2D eigenvalue weighted by Gasteiger charge is -2.08. The molecule has 0 fully saturated rings. The lowest BCUT2D eigenvalue weighted by molar-refractivity contribution is 1.02. The zero-order chi connectivity index (χ0) is 14.9. The first-order valence-corrected chi connectivity index (χ1v) is 8.79. The summed E-state index contributed by atoms with van der Waals surface area (Å²) in [6.07, 6.45) is 0. The Morgan fingerprint density at radius 1 is 0.667 bits per heavy atom. The molecule has 2 aromatic rings. The minimum atomic E-state index is -0.409. The van der Waals surface area contributed by atoms with Crippen LogP contribution in [-0.4, -0.2) is 35.7 Å². The maximum atomic E-state index is 5.48. The van der Waals surface area contributed by atoms with Crippen LogP contribution in [0.1, 0.15) is 0 Å². The smallest absolute Gasteiger partial charge is 0.0875 e. The molecule has 0 saturated heterocycles. The maximum absolute atomic E-state index is 5.48. The highest BCUT2D eigenvalue weighted by Gasteiger charge is 1.99. The molecule has 0 radical (unpaired) electrons. The number of hydrogen-bond donors (Lipinski definition) is 4. The normalized spacial score (nSPS) is 10.4. The van der Waals surface area contributed by atoms with Gasteiger partial charge in [0.05, 0.1) is 9.52 Å². The molecule has 0 atom stereocenters. The van der Waals surface area contributed by atoms with E-state index in [4.69, 9.17) is 11.5 Å². The zero-order valence-corrected chi connectivity index (χ0v) is 13.7. The van der Waals surface area contributed by atoms with Gasteiger partial charge < -0.3 is 22.1 Å². The van der Waals surface area contributed by atoms with Crippen molar-refractivity contribution in [2.45, 2.75) is 0 Å². The van der Waals surface area contributed by atoms with Crippen LogP contribution in [0.4, 0.5) is 11.4 Å². The Morgan fingerprint density at radius 2 is 1.05 bits per heavy atom. The SMILES string of the molecule is NCCNc1ccc([SiH2]c2ccc(NCCN)cc2)cc1. The molecule has 0 unspecified atom stereocenters. The number of nitrogens with two attached hydrogens (primary N) is 2. The van der Waals surface area contributed by atoms with Crippen LogP contribution in [0, 0.1) is 0 Å². The minimum absolute atomic E-state index is 0.409. The highest BCUT2D eigenvalue weighted by molar-refractivity contribution is 6.67. The van der Waals surface area contributed by atoms with Crippen LogP contribution in [0.2, 0.25) is 0 Å². The Balaban J connectivity index is 1.91. The molecule has 0 aliphatic heterocycles. The van der Waals surface area contributed by atoms with Gasteiger partial charge in [0, 0.05) is 37.6 Å². The van der Waals surface area contributed by atoms with Gasteiger partial charge in [-0.15, -0.1) is 0 Å². The van der Waals surface area contributed by atoms with Gasteiger partial charge >= 0.3 is 0 Å². The highest BCUT2D eigenvalue weighted by atomic mass is 28.2. The van der Waals surface area contributed by atoms with E-state index in [1.54, 1.807) is 0 Å². The van der Waals surface area contributed by atoms with Crippen LogP contribution >= 0.6 is 0 Å². The minimum Gasteiger partial charge on any atom is -0.384 e. The van der Waals surface area contributed by atoms with Crippen LogP contribution in [-0.2, 0) is 0 Å². The third kappa shape index (κ3) is 5.22. The number of hydrogen-bond acceptors (Lipinski definition) is 4. The Labute approximate surface area is 128 Å². The second-order valence-corrected chi connectivity index (χ2v) is 6.99. The fourth-order valence-electron chi connectivity index (χ4n) is 2.15. The molecule has 0 aromatic heterocycles. The Hall–Kier alpha value is -1.82. The van der Waals surface area contributed by atoms with Crippen LogP contribution < -0.4 is 32.5 Å². The average molecular weight is 300 g/mol. The zero-order valence-electron chi connectivity index (χ0n) is 12.3. The average Bonchev–Trinajstić information content (AvgIpc) is 2.53. The standard InChI is InChI=1S/C16H24N4Si/c17-9-11-19-13-1-5-15(6-2-13)21-16-7-3-14(4-8-16)20-12-10-18/h1-8,19-20H,9-12,17-18,21H2. The van der Waals surface area contributed by atoms with E-state index in [1.165, 1.54) is 10.4 Å². The molecule has 0 amide bonds. The summed E-state index contributed by atoms with van der Waals surface area (Å²) < 4.78 is 0. The van der Waals surface area contributed by atoms with E-state index in [1.807, 2.05) is 0 Å². The van der Waals surface area contributed by atoms with E-state index in [0.717, 1.165) is 24.5 Å². The molecule has 0 saturated carbocycles. The molecule has 0 aliphatic carbocycles. The molecule has 21 heavy (non-hydrogen) atoms. The summed E-state index contributed by atoms with van der Waals surface area (Å²) in [5.74, 6) is 0. The van der Waals surface area contributed by atoms with Crippen molar-refractivity contribution in [1.82, 2.24) is 0 Å². The van der Waals surface area contributed by atoms with E-state index >= 15 is 0 Å². The van der Waals surface area contributed by atoms with Crippen molar-refractivity contribution in [1.29, 1.82) is 0 Å². The van der Waals surface area contributed by atoms with Crippen LogP contribution in [0.3, 0.4) is 0 Å². The van der Waals surface area contributed by atoms with Crippen molar-refractivity contribution in [2.75, 3.05) is 36.8 Å². The fraction of sp³-hybridized carbons (Fsp3) is 0.250. The van der Waals surface area contributed by atoms with Gasteiger partial charge in [0.1, 0.15) is 0 Å². The van der Waals surface area contributed by atoms with Crippen molar-refractivity contribution in [3.63, 3.8) is 0 Å². The lowest BCUT2D eigenvalue weighted by atomic mass is 10.3. The lowest BCUT2D eigenvalue weighted by Crippen LogP contribution is -2.27. The number of nitrogens with one attached hydrogen (secondary N) is 2. The third-order valence-corrected chi connectivity index (χ3v) is 5.02. The molecule has 5 heteroatoms. The molecule has 112 valence electrons. The summed E-state index contributed by atoms with van der Waals surface area (Å²) >= 11 is 0. The Bertz CT molecular complexity index is 475. The summed E-state index contributed by atoms with van der Waals surface area (Å²) in [5.41, 5.74) is 13.2. The third-order valence-electron chi connectivity index (χ3n) is 3.26. The maximum Gasteiger partial charge on any atom is 0.0875 e. The second kappa shape index (κ2) is 8.46. The van der Waals surface area contributed by atoms with Crippen LogP contribution in [0.15, 0.2) is 48.5 Å². The van der Waals surface area contributed by atoms with E-state index in [2.05, 4.69) is 59.2 Å². The van der Waals surface area contributed by atoms with Gasteiger partial charge in [-0.1, -0.05) is 34.6 Å². The predicted octanol–water partition coefficient (Wildman–Crippen LogP) is -0.453. The van der Waals surface area contributed by atoms with Crippen molar-refractivity contribution in [3.8, 4) is 0 Å². The second-order valence-electron chi connectivity index (χ2n) is 5.00. The molecular formula is C16H24N4Si. The van der Waals surface area contributed by atoms with Gasteiger partial charge in [-0.25, -0.2) is 0 Å². The van der Waals surface area contributed by atoms with Gasteiger partial charge in [-0.2, -0.15) is 0 Å². The predicted molar refractivity (Wildman–Crippen MR) is 95.8 cm³/mol. The van der Waals surface area contributed by atoms with Gasteiger partial charge in [0.25, 0.3) is 0 Å². The Kier molecular flexibility index (Phi) is 6.27. The quantitative estimate of drug-likeness (QED) is 0.498. The van der Waals surface area contributed by atoms with E-state index in [9.17, 15) is 0 Å². The number of rotatable bonds is 8. The molecule has 4 nitrogen and oxygen atoms in total. The first-order chi connectivity index (χ1) is 10.3. The van der Waals surface area contributed by atoms with Gasteiger partial charge in [0.2, 0.25) is 0 Å². The summed E-state index contributed by atoms with van der Waals surface area (Å²) in [5, 5.41) is 9.45. The molecule has 2 rings (SSSR count). The first-order valence-electron chi connectivity index (χ1n) is 7.37. The number of benzene rings is 2. The van der Waals surface area contributed by atoms with Gasteiger partial charge in [-0.05, 0) is 24.3 Å². The highest BCUT2D eigenvalue weighted by Crippen LogP contribution is 2.04.